The summed E-state index contributed by atoms with van der Waals surface area (Å²) >= 11 is 0. The molecule has 0 saturated carbocycles. The van der Waals surface area contributed by atoms with Crippen LogP contribution in [0.25, 0.3) is 0 Å². The minimum absolute atomic E-state index is 0.0361. The van der Waals surface area contributed by atoms with Crippen molar-refractivity contribution in [1.29, 1.82) is 0 Å². The number of benzene rings is 2. The largest absolute Gasteiger partial charge is 0.398 e. The summed E-state index contributed by atoms with van der Waals surface area (Å²) in [6.45, 7) is 6.53. The standard InChI is InChI=1S/C18H24N2/c1-14-16(19)10-7-11-17(14)20-18(2,3)13-12-15-8-5-4-6-9-15/h4-11,20H,12-13,19H2,1-3H3. The monoisotopic (exact) mass is 268 g/mol. The number of nitrogens with one attached hydrogen (secondary N) is 1. The lowest BCUT2D eigenvalue weighted by Crippen LogP contribution is -2.31. The molecule has 0 fully saturated rings. The highest BCUT2D eigenvalue weighted by molar-refractivity contribution is 5.63. The van der Waals surface area contributed by atoms with Crippen LogP contribution in [0.15, 0.2) is 48.5 Å². The third kappa shape index (κ3) is 3.77. The number of aryl methyl sites for hydroxylation is 1. The first-order chi connectivity index (χ1) is 9.48. The smallest absolute Gasteiger partial charge is 0.0394 e. The van der Waals surface area contributed by atoms with Gasteiger partial charge < -0.3 is 11.1 Å². The second-order valence-corrected chi connectivity index (χ2v) is 6.01. The molecule has 0 amide bonds. The first kappa shape index (κ1) is 14.4. The van der Waals surface area contributed by atoms with Crippen LogP contribution in [-0.4, -0.2) is 5.54 Å². The number of nitrogen functional groups attached to an aromatic ring is 1. The Labute approximate surface area is 122 Å². The lowest BCUT2D eigenvalue weighted by atomic mass is 9.94. The average molecular weight is 268 g/mol. The fraction of sp³-hybridized carbons (Fsp3) is 0.333. The predicted molar refractivity (Wildman–Crippen MR) is 88.1 cm³/mol. The van der Waals surface area contributed by atoms with Crippen LogP contribution in [0.3, 0.4) is 0 Å². The zero-order valence-corrected chi connectivity index (χ0v) is 12.6. The minimum Gasteiger partial charge on any atom is -0.398 e. The summed E-state index contributed by atoms with van der Waals surface area (Å²) in [6.07, 6.45) is 2.15. The van der Waals surface area contributed by atoms with Crippen LogP contribution < -0.4 is 11.1 Å². The summed E-state index contributed by atoms with van der Waals surface area (Å²) in [5, 5.41) is 3.62. The molecule has 0 aliphatic carbocycles. The first-order valence-corrected chi connectivity index (χ1v) is 7.15. The predicted octanol–water partition coefficient (Wildman–Crippen LogP) is 4.40. The van der Waals surface area contributed by atoms with Crippen molar-refractivity contribution in [2.45, 2.75) is 39.2 Å². The highest BCUT2D eigenvalue weighted by Crippen LogP contribution is 2.26. The Bertz CT molecular complexity index is 559. The highest BCUT2D eigenvalue weighted by Gasteiger charge is 2.18. The van der Waals surface area contributed by atoms with Crippen LogP contribution in [0.5, 0.6) is 0 Å². The summed E-state index contributed by atoms with van der Waals surface area (Å²) in [5.41, 5.74) is 10.5. The quantitative estimate of drug-likeness (QED) is 0.789. The molecule has 0 unspecified atom stereocenters. The van der Waals surface area contributed by atoms with Gasteiger partial charge in [0.2, 0.25) is 0 Å². The maximum atomic E-state index is 5.96. The fourth-order valence-corrected chi connectivity index (χ4v) is 2.32. The maximum Gasteiger partial charge on any atom is 0.0394 e. The maximum absolute atomic E-state index is 5.96. The van der Waals surface area contributed by atoms with Gasteiger partial charge in [0, 0.05) is 16.9 Å². The first-order valence-electron chi connectivity index (χ1n) is 7.15. The molecule has 106 valence electrons. The summed E-state index contributed by atoms with van der Waals surface area (Å²) in [6, 6.07) is 16.6. The van der Waals surface area contributed by atoms with Crippen LogP contribution in [0, 0.1) is 6.92 Å². The van der Waals surface area contributed by atoms with Crippen LogP contribution >= 0.6 is 0 Å². The van der Waals surface area contributed by atoms with Crippen LogP contribution in [0.2, 0.25) is 0 Å². The van der Waals surface area contributed by atoms with Crippen molar-refractivity contribution in [1.82, 2.24) is 0 Å². The molecule has 0 atom stereocenters. The van der Waals surface area contributed by atoms with Crippen molar-refractivity contribution in [3.8, 4) is 0 Å². The summed E-state index contributed by atoms with van der Waals surface area (Å²) < 4.78 is 0. The molecule has 0 saturated heterocycles. The van der Waals surface area contributed by atoms with Gasteiger partial charge >= 0.3 is 0 Å². The van der Waals surface area contributed by atoms with Gasteiger partial charge in [-0.2, -0.15) is 0 Å². The van der Waals surface area contributed by atoms with Gasteiger partial charge in [0.15, 0.2) is 0 Å². The number of anilines is 2. The fourth-order valence-electron chi connectivity index (χ4n) is 2.32. The van der Waals surface area contributed by atoms with E-state index >= 15 is 0 Å². The molecule has 2 aromatic carbocycles. The van der Waals surface area contributed by atoms with Gasteiger partial charge in [-0.1, -0.05) is 36.4 Å². The Kier molecular flexibility index (Phi) is 4.33. The Hall–Kier alpha value is -1.96. The molecule has 2 nitrogen and oxygen atoms in total. The SMILES string of the molecule is Cc1c(N)cccc1NC(C)(C)CCc1ccccc1. The molecule has 2 heteroatoms. The molecule has 2 aromatic rings. The molecule has 0 heterocycles. The van der Waals surface area contributed by atoms with Gasteiger partial charge in [-0.25, -0.2) is 0 Å². The topological polar surface area (TPSA) is 38.0 Å². The van der Waals surface area contributed by atoms with Crippen molar-refractivity contribution >= 4 is 11.4 Å². The number of hydrogen-bond acceptors (Lipinski definition) is 2. The zero-order chi connectivity index (χ0) is 14.6. The normalized spacial score (nSPS) is 11.3. The second-order valence-electron chi connectivity index (χ2n) is 6.01. The Morgan fingerprint density at radius 1 is 1.00 bits per heavy atom. The number of hydrogen-bond donors (Lipinski definition) is 2. The van der Waals surface area contributed by atoms with Crippen molar-refractivity contribution in [3.63, 3.8) is 0 Å². The molecule has 0 aliphatic heterocycles. The molecule has 0 aliphatic rings. The van der Waals surface area contributed by atoms with Crippen LogP contribution in [0.1, 0.15) is 31.4 Å². The summed E-state index contributed by atoms with van der Waals surface area (Å²) in [4.78, 5) is 0. The average Bonchev–Trinajstić information content (AvgIpc) is 2.43. The van der Waals surface area contributed by atoms with Gasteiger partial charge in [0.05, 0.1) is 0 Å². The van der Waals surface area contributed by atoms with Gasteiger partial charge in [-0.3, -0.25) is 0 Å². The molecule has 0 aromatic heterocycles. The molecule has 2 rings (SSSR count). The number of rotatable bonds is 5. The van der Waals surface area contributed by atoms with Gasteiger partial charge in [0.25, 0.3) is 0 Å². The summed E-state index contributed by atoms with van der Waals surface area (Å²) in [5.74, 6) is 0. The van der Waals surface area contributed by atoms with E-state index < -0.39 is 0 Å². The molecule has 0 spiro atoms. The third-order valence-electron chi connectivity index (χ3n) is 3.73. The molecule has 3 N–H and O–H groups in total. The van der Waals surface area contributed by atoms with Crippen molar-refractivity contribution in [2.24, 2.45) is 0 Å². The lowest BCUT2D eigenvalue weighted by molar-refractivity contribution is 0.518. The van der Waals surface area contributed by atoms with E-state index in [1.807, 2.05) is 12.1 Å². The lowest BCUT2D eigenvalue weighted by Gasteiger charge is -2.29. The van der Waals surface area contributed by atoms with E-state index in [0.29, 0.717) is 0 Å². The molecular weight excluding hydrogens is 244 g/mol. The van der Waals surface area contributed by atoms with Gasteiger partial charge in [-0.05, 0) is 56.9 Å². The van der Waals surface area contributed by atoms with E-state index in [0.717, 1.165) is 29.8 Å². The van der Waals surface area contributed by atoms with Gasteiger partial charge in [-0.15, -0.1) is 0 Å². The van der Waals surface area contributed by atoms with E-state index in [1.165, 1.54) is 5.56 Å². The zero-order valence-electron chi connectivity index (χ0n) is 12.6. The van der Waals surface area contributed by atoms with E-state index in [-0.39, 0.29) is 5.54 Å². The summed E-state index contributed by atoms with van der Waals surface area (Å²) in [7, 11) is 0. The molecule has 20 heavy (non-hydrogen) atoms. The minimum atomic E-state index is 0.0361. The van der Waals surface area contributed by atoms with Gasteiger partial charge in [0.1, 0.15) is 0 Å². The Morgan fingerprint density at radius 3 is 2.40 bits per heavy atom. The van der Waals surface area contributed by atoms with E-state index in [9.17, 15) is 0 Å². The van der Waals surface area contributed by atoms with E-state index in [1.54, 1.807) is 0 Å². The Balaban J connectivity index is 2.02. The van der Waals surface area contributed by atoms with E-state index in [4.69, 9.17) is 5.73 Å². The van der Waals surface area contributed by atoms with Crippen LogP contribution in [0.4, 0.5) is 11.4 Å². The van der Waals surface area contributed by atoms with E-state index in [2.05, 4.69) is 62.5 Å². The molecule has 0 radical (unpaired) electrons. The Morgan fingerprint density at radius 2 is 1.70 bits per heavy atom. The highest BCUT2D eigenvalue weighted by atomic mass is 15.0. The number of nitrogens with two attached hydrogens (primary N) is 1. The van der Waals surface area contributed by atoms with Crippen LogP contribution in [-0.2, 0) is 6.42 Å². The third-order valence-corrected chi connectivity index (χ3v) is 3.73. The second kappa shape index (κ2) is 6.00. The molecular formula is C18H24N2. The van der Waals surface area contributed by atoms with Crippen molar-refractivity contribution in [2.75, 3.05) is 11.1 Å². The van der Waals surface area contributed by atoms with Crippen molar-refractivity contribution in [3.05, 3.63) is 59.7 Å². The molecule has 0 bridgehead atoms. The van der Waals surface area contributed by atoms with Crippen molar-refractivity contribution < 1.29 is 0 Å².